The number of benzene rings is 2. The first-order valence-corrected chi connectivity index (χ1v) is 9.46. The summed E-state index contributed by atoms with van der Waals surface area (Å²) >= 11 is 0. The molecular formula is C22H24N4O. The van der Waals surface area contributed by atoms with Crippen molar-refractivity contribution in [3.63, 3.8) is 0 Å². The van der Waals surface area contributed by atoms with Crippen LogP contribution in [0.25, 0.3) is 16.9 Å². The number of aromatic nitrogens is 2. The molecule has 1 aromatic heterocycles. The second-order valence-electron chi connectivity index (χ2n) is 7.01. The van der Waals surface area contributed by atoms with Crippen LogP contribution in [0, 0.1) is 5.92 Å². The number of carbonyl (C=O) groups is 1. The van der Waals surface area contributed by atoms with E-state index in [4.69, 9.17) is 10.8 Å². The van der Waals surface area contributed by atoms with Crippen molar-refractivity contribution in [2.75, 3.05) is 19.6 Å². The molecule has 138 valence electrons. The van der Waals surface area contributed by atoms with E-state index in [9.17, 15) is 4.79 Å². The number of hydrogen-bond donors (Lipinski definition) is 1. The van der Waals surface area contributed by atoms with Crippen molar-refractivity contribution >= 4 is 5.91 Å². The average Bonchev–Trinajstić information content (AvgIpc) is 3.20. The van der Waals surface area contributed by atoms with Gasteiger partial charge in [0.1, 0.15) is 5.69 Å². The molecule has 5 nitrogen and oxygen atoms in total. The van der Waals surface area contributed by atoms with Crippen molar-refractivity contribution in [2.24, 2.45) is 11.7 Å². The number of amides is 1. The van der Waals surface area contributed by atoms with Gasteiger partial charge in [-0.15, -0.1) is 0 Å². The lowest BCUT2D eigenvalue weighted by Gasteiger charge is -2.31. The Morgan fingerprint density at radius 1 is 1.00 bits per heavy atom. The monoisotopic (exact) mass is 360 g/mol. The smallest absolute Gasteiger partial charge is 0.257 e. The Bertz CT molecular complexity index is 897. The Balaban J connectivity index is 1.70. The van der Waals surface area contributed by atoms with Crippen LogP contribution in [0.3, 0.4) is 0 Å². The molecule has 0 aliphatic carbocycles. The number of rotatable bonds is 4. The van der Waals surface area contributed by atoms with Crippen LogP contribution in [0.15, 0.2) is 66.9 Å². The van der Waals surface area contributed by atoms with Gasteiger partial charge in [0, 0.05) is 24.8 Å². The minimum absolute atomic E-state index is 0.0477. The number of nitrogens with zero attached hydrogens (tertiary/aromatic N) is 3. The molecule has 0 radical (unpaired) electrons. The lowest BCUT2D eigenvalue weighted by atomic mass is 9.96. The van der Waals surface area contributed by atoms with Crippen LogP contribution < -0.4 is 5.73 Å². The molecule has 0 saturated carbocycles. The van der Waals surface area contributed by atoms with Gasteiger partial charge < -0.3 is 10.6 Å². The van der Waals surface area contributed by atoms with Crippen molar-refractivity contribution in [1.29, 1.82) is 0 Å². The van der Waals surface area contributed by atoms with E-state index in [1.54, 1.807) is 4.68 Å². The highest BCUT2D eigenvalue weighted by Gasteiger charge is 2.27. The highest BCUT2D eigenvalue weighted by Crippen LogP contribution is 2.26. The molecule has 3 aromatic rings. The zero-order chi connectivity index (χ0) is 18.6. The summed E-state index contributed by atoms with van der Waals surface area (Å²) in [6.07, 6.45) is 3.79. The Kier molecular flexibility index (Phi) is 5.03. The lowest BCUT2D eigenvalue weighted by Crippen LogP contribution is -2.40. The van der Waals surface area contributed by atoms with E-state index in [1.165, 1.54) is 0 Å². The van der Waals surface area contributed by atoms with Crippen molar-refractivity contribution in [3.8, 4) is 16.9 Å². The molecule has 1 aliphatic rings. The molecule has 1 fully saturated rings. The standard InChI is InChI=1S/C22H24N4O/c23-15-17-11-13-25(14-12-17)22(27)20-16-26(19-9-5-2-6-10-19)24-21(20)18-7-3-1-4-8-18/h1-10,16-17H,11-15,23H2. The maximum absolute atomic E-state index is 13.3. The van der Waals surface area contributed by atoms with Crippen LogP contribution in [0.1, 0.15) is 23.2 Å². The van der Waals surface area contributed by atoms with E-state index in [2.05, 4.69) is 0 Å². The number of nitrogens with two attached hydrogens (primary N) is 1. The van der Waals surface area contributed by atoms with Crippen LogP contribution in [0.4, 0.5) is 0 Å². The van der Waals surface area contributed by atoms with Gasteiger partial charge >= 0.3 is 0 Å². The first-order chi connectivity index (χ1) is 13.3. The molecular weight excluding hydrogens is 336 g/mol. The first-order valence-electron chi connectivity index (χ1n) is 9.46. The van der Waals surface area contributed by atoms with E-state index in [1.807, 2.05) is 71.8 Å². The Morgan fingerprint density at radius 2 is 1.63 bits per heavy atom. The normalized spacial score (nSPS) is 15.1. The van der Waals surface area contributed by atoms with Gasteiger partial charge in [-0.2, -0.15) is 5.10 Å². The van der Waals surface area contributed by atoms with E-state index in [0.29, 0.717) is 18.0 Å². The molecule has 2 aromatic carbocycles. The van der Waals surface area contributed by atoms with Gasteiger partial charge in [-0.3, -0.25) is 4.79 Å². The maximum atomic E-state index is 13.3. The molecule has 1 aliphatic heterocycles. The fourth-order valence-electron chi connectivity index (χ4n) is 3.59. The van der Waals surface area contributed by atoms with Crippen molar-refractivity contribution in [2.45, 2.75) is 12.8 Å². The van der Waals surface area contributed by atoms with Crippen LogP contribution in [-0.4, -0.2) is 40.2 Å². The van der Waals surface area contributed by atoms with Crippen LogP contribution >= 0.6 is 0 Å². The summed E-state index contributed by atoms with van der Waals surface area (Å²) in [5, 5.41) is 4.75. The van der Waals surface area contributed by atoms with E-state index >= 15 is 0 Å². The first kappa shape index (κ1) is 17.5. The minimum Gasteiger partial charge on any atom is -0.339 e. The summed E-state index contributed by atoms with van der Waals surface area (Å²) in [5.41, 5.74) is 9.06. The van der Waals surface area contributed by atoms with Gasteiger partial charge in [0.2, 0.25) is 0 Å². The summed E-state index contributed by atoms with van der Waals surface area (Å²) < 4.78 is 1.79. The molecule has 1 amide bonds. The van der Waals surface area contributed by atoms with Crippen molar-refractivity contribution < 1.29 is 4.79 Å². The molecule has 0 atom stereocenters. The van der Waals surface area contributed by atoms with Gasteiger partial charge in [0.15, 0.2) is 0 Å². The van der Waals surface area contributed by atoms with E-state index < -0.39 is 0 Å². The topological polar surface area (TPSA) is 64.2 Å². The highest BCUT2D eigenvalue weighted by molar-refractivity contribution is 6.00. The molecule has 1 saturated heterocycles. The highest BCUT2D eigenvalue weighted by atomic mass is 16.2. The fraction of sp³-hybridized carbons (Fsp3) is 0.273. The number of carbonyl (C=O) groups excluding carboxylic acids is 1. The van der Waals surface area contributed by atoms with Crippen molar-refractivity contribution in [3.05, 3.63) is 72.4 Å². The van der Waals surface area contributed by atoms with Gasteiger partial charge in [-0.05, 0) is 37.4 Å². The molecule has 2 N–H and O–H groups in total. The predicted octanol–water partition coefficient (Wildman–Crippen LogP) is 3.35. The summed E-state index contributed by atoms with van der Waals surface area (Å²) in [5.74, 6) is 0.571. The zero-order valence-electron chi connectivity index (χ0n) is 15.3. The summed E-state index contributed by atoms with van der Waals surface area (Å²) in [6, 6.07) is 19.8. The summed E-state index contributed by atoms with van der Waals surface area (Å²) in [6.45, 7) is 2.21. The maximum Gasteiger partial charge on any atom is 0.257 e. The van der Waals surface area contributed by atoms with Gasteiger partial charge in [0.25, 0.3) is 5.91 Å². The molecule has 27 heavy (non-hydrogen) atoms. The molecule has 4 rings (SSSR count). The number of para-hydroxylation sites is 1. The summed E-state index contributed by atoms with van der Waals surface area (Å²) in [4.78, 5) is 15.2. The molecule has 5 heteroatoms. The number of piperidine rings is 1. The SMILES string of the molecule is NCC1CCN(C(=O)c2cn(-c3ccccc3)nc2-c2ccccc2)CC1. The Morgan fingerprint density at radius 3 is 2.26 bits per heavy atom. The van der Waals surface area contributed by atoms with Crippen LogP contribution in [0.5, 0.6) is 0 Å². The van der Waals surface area contributed by atoms with Crippen molar-refractivity contribution in [1.82, 2.24) is 14.7 Å². The third-order valence-electron chi connectivity index (χ3n) is 5.25. The molecule has 0 unspecified atom stereocenters. The van der Waals surface area contributed by atoms with Gasteiger partial charge in [-0.25, -0.2) is 4.68 Å². The van der Waals surface area contributed by atoms with Gasteiger partial charge in [-0.1, -0.05) is 48.5 Å². The molecule has 0 bridgehead atoms. The Hall–Kier alpha value is -2.92. The number of likely N-dealkylation sites (tertiary alicyclic amines) is 1. The fourth-order valence-corrected chi connectivity index (χ4v) is 3.59. The minimum atomic E-state index is 0.0477. The molecule has 2 heterocycles. The third-order valence-corrected chi connectivity index (χ3v) is 5.25. The van der Waals surface area contributed by atoms with Gasteiger partial charge in [0.05, 0.1) is 11.3 Å². The lowest BCUT2D eigenvalue weighted by molar-refractivity contribution is 0.0694. The third kappa shape index (κ3) is 3.64. The quantitative estimate of drug-likeness (QED) is 0.776. The van der Waals surface area contributed by atoms with Crippen LogP contribution in [-0.2, 0) is 0 Å². The summed E-state index contributed by atoms with van der Waals surface area (Å²) in [7, 11) is 0. The zero-order valence-corrected chi connectivity index (χ0v) is 15.3. The van der Waals surface area contributed by atoms with Crippen LogP contribution in [0.2, 0.25) is 0 Å². The second-order valence-corrected chi connectivity index (χ2v) is 7.01. The largest absolute Gasteiger partial charge is 0.339 e. The van der Waals surface area contributed by atoms with E-state index in [0.717, 1.165) is 42.9 Å². The second kappa shape index (κ2) is 7.76. The Labute approximate surface area is 159 Å². The predicted molar refractivity (Wildman–Crippen MR) is 107 cm³/mol. The molecule has 0 spiro atoms. The van der Waals surface area contributed by atoms with E-state index in [-0.39, 0.29) is 5.91 Å². The number of hydrogen-bond acceptors (Lipinski definition) is 3. The average molecular weight is 360 g/mol.